The van der Waals surface area contributed by atoms with Gasteiger partial charge in [0.05, 0.1) is 7.11 Å². The molecule has 0 fully saturated rings. The van der Waals surface area contributed by atoms with Crippen LogP contribution in [-0.2, 0) is 0 Å². The van der Waals surface area contributed by atoms with Crippen molar-refractivity contribution < 1.29 is 4.74 Å². The lowest BCUT2D eigenvalue weighted by atomic mass is 10.0. The maximum atomic E-state index is 5.24. The average Bonchev–Trinajstić information content (AvgIpc) is 2.30. The summed E-state index contributed by atoms with van der Waals surface area (Å²) in [6.07, 6.45) is 2.47. The van der Waals surface area contributed by atoms with E-state index in [4.69, 9.17) is 4.74 Å². The zero-order valence-electron chi connectivity index (χ0n) is 10.8. The van der Waals surface area contributed by atoms with Crippen molar-refractivity contribution in [2.24, 2.45) is 5.92 Å². The Labute approximate surface area is 99.0 Å². The summed E-state index contributed by atoms with van der Waals surface area (Å²) in [5, 5.41) is 3.48. The SMILES string of the molecule is CCC(CC)CNc1ccc(OC)c(C)c1. The molecule has 0 radical (unpaired) electrons. The average molecular weight is 221 g/mol. The Balaban J connectivity index is 2.58. The van der Waals surface area contributed by atoms with E-state index in [1.807, 2.05) is 6.07 Å². The van der Waals surface area contributed by atoms with Crippen LogP contribution in [0.1, 0.15) is 32.3 Å². The monoisotopic (exact) mass is 221 g/mol. The van der Waals surface area contributed by atoms with Crippen LogP contribution >= 0.6 is 0 Å². The van der Waals surface area contributed by atoms with E-state index in [9.17, 15) is 0 Å². The molecule has 16 heavy (non-hydrogen) atoms. The second-order valence-electron chi connectivity index (χ2n) is 4.25. The first-order chi connectivity index (χ1) is 7.71. The number of hydrogen-bond acceptors (Lipinski definition) is 2. The smallest absolute Gasteiger partial charge is 0.121 e. The molecule has 2 nitrogen and oxygen atoms in total. The Morgan fingerprint density at radius 2 is 1.94 bits per heavy atom. The number of methoxy groups -OCH3 is 1. The molecule has 1 N–H and O–H groups in total. The molecule has 0 bridgehead atoms. The fraction of sp³-hybridized carbons (Fsp3) is 0.571. The van der Waals surface area contributed by atoms with Crippen LogP contribution < -0.4 is 10.1 Å². The molecule has 1 rings (SSSR count). The van der Waals surface area contributed by atoms with E-state index < -0.39 is 0 Å². The van der Waals surface area contributed by atoms with Crippen molar-refractivity contribution in [2.45, 2.75) is 33.6 Å². The van der Waals surface area contributed by atoms with E-state index in [0.717, 1.165) is 18.2 Å². The summed E-state index contributed by atoms with van der Waals surface area (Å²) < 4.78 is 5.24. The number of ether oxygens (including phenoxy) is 1. The predicted octanol–water partition coefficient (Wildman–Crippen LogP) is 3.85. The Hall–Kier alpha value is -1.18. The lowest BCUT2D eigenvalue weighted by molar-refractivity contribution is 0.412. The van der Waals surface area contributed by atoms with Crippen molar-refractivity contribution >= 4 is 5.69 Å². The molecule has 0 aliphatic rings. The van der Waals surface area contributed by atoms with Crippen LogP contribution in [0.3, 0.4) is 0 Å². The lowest BCUT2D eigenvalue weighted by Gasteiger charge is -2.15. The van der Waals surface area contributed by atoms with Gasteiger partial charge < -0.3 is 10.1 Å². The molecule has 2 heteroatoms. The maximum Gasteiger partial charge on any atom is 0.121 e. The summed E-state index contributed by atoms with van der Waals surface area (Å²) in [5.41, 5.74) is 2.36. The number of anilines is 1. The van der Waals surface area contributed by atoms with Crippen LogP contribution in [0.25, 0.3) is 0 Å². The van der Waals surface area contributed by atoms with Gasteiger partial charge in [-0.2, -0.15) is 0 Å². The van der Waals surface area contributed by atoms with Crippen LogP contribution in [0.5, 0.6) is 5.75 Å². The van der Waals surface area contributed by atoms with Gasteiger partial charge in [-0.1, -0.05) is 26.7 Å². The van der Waals surface area contributed by atoms with Crippen molar-refractivity contribution in [1.29, 1.82) is 0 Å². The highest BCUT2D eigenvalue weighted by Gasteiger charge is 2.04. The molecule has 0 saturated carbocycles. The highest BCUT2D eigenvalue weighted by molar-refractivity contribution is 5.50. The van der Waals surface area contributed by atoms with Crippen molar-refractivity contribution in [2.75, 3.05) is 19.0 Å². The minimum absolute atomic E-state index is 0.766. The fourth-order valence-corrected chi connectivity index (χ4v) is 1.83. The first-order valence-corrected chi connectivity index (χ1v) is 6.09. The number of nitrogens with one attached hydrogen (secondary N) is 1. The van der Waals surface area contributed by atoms with Crippen LogP contribution in [-0.4, -0.2) is 13.7 Å². The van der Waals surface area contributed by atoms with Gasteiger partial charge in [0.15, 0.2) is 0 Å². The van der Waals surface area contributed by atoms with Crippen LogP contribution in [0.15, 0.2) is 18.2 Å². The van der Waals surface area contributed by atoms with Gasteiger partial charge in [-0.05, 0) is 36.6 Å². The van der Waals surface area contributed by atoms with Crippen molar-refractivity contribution in [1.82, 2.24) is 0 Å². The number of aryl methyl sites for hydroxylation is 1. The molecule has 0 unspecified atom stereocenters. The molecule has 0 atom stereocenters. The predicted molar refractivity (Wildman–Crippen MR) is 70.3 cm³/mol. The molecule has 90 valence electrons. The van der Waals surface area contributed by atoms with Crippen LogP contribution in [0, 0.1) is 12.8 Å². The minimum Gasteiger partial charge on any atom is -0.496 e. The molecular formula is C14H23NO. The number of benzene rings is 1. The van der Waals surface area contributed by atoms with E-state index in [-0.39, 0.29) is 0 Å². The Morgan fingerprint density at radius 3 is 2.44 bits per heavy atom. The first-order valence-electron chi connectivity index (χ1n) is 6.09. The van der Waals surface area contributed by atoms with Gasteiger partial charge >= 0.3 is 0 Å². The van der Waals surface area contributed by atoms with E-state index in [1.54, 1.807) is 7.11 Å². The Kier molecular flexibility index (Phi) is 5.17. The third-order valence-electron chi connectivity index (χ3n) is 3.14. The minimum atomic E-state index is 0.766. The second kappa shape index (κ2) is 6.41. The third-order valence-corrected chi connectivity index (χ3v) is 3.14. The van der Waals surface area contributed by atoms with Gasteiger partial charge in [0.2, 0.25) is 0 Å². The summed E-state index contributed by atoms with van der Waals surface area (Å²) in [6.45, 7) is 7.62. The Morgan fingerprint density at radius 1 is 1.25 bits per heavy atom. The molecule has 0 aliphatic carbocycles. The standard InChI is InChI=1S/C14H23NO/c1-5-12(6-2)10-15-13-7-8-14(16-4)11(3)9-13/h7-9,12,15H,5-6,10H2,1-4H3. The zero-order chi connectivity index (χ0) is 12.0. The van der Waals surface area contributed by atoms with Gasteiger partial charge in [0.25, 0.3) is 0 Å². The summed E-state index contributed by atoms with van der Waals surface area (Å²) in [6, 6.07) is 6.24. The molecule has 0 amide bonds. The van der Waals surface area contributed by atoms with E-state index in [2.05, 4.69) is 38.2 Å². The van der Waals surface area contributed by atoms with Crippen molar-refractivity contribution in [3.8, 4) is 5.75 Å². The largest absolute Gasteiger partial charge is 0.496 e. The molecule has 0 heterocycles. The normalized spacial score (nSPS) is 10.6. The summed E-state index contributed by atoms with van der Waals surface area (Å²) in [7, 11) is 1.71. The quantitative estimate of drug-likeness (QED) is 0.787. The van der Waals surface area contributed by atoms with Gasteiger partial charge in [-0.25, -0.2) is 0 Å². The summed E-state index contributed by atoms with van der Waals surface area (Å²) in [5.74, 6) is 1.72. The third kappa shape index (κ3) is 3.44. The van der Waals surface area contributed by atoms with Gasteiger partial charge in [0, 0.05) is 12.2 Å². The zero-order valence-corrected chi connectivity index (χ0v) is 10.8. The van der Waals surface area contributed by atoms with E-state index in [0.29, 0.717) is 0 Å². The molecule has 0 aliphatic heterocycles. The first kappa shape index (κ1) is 12.9. The molecule has 1 aromatic carbocycles. The second-order valence-corrected chi connectivity index (χ2v) is 4.25. The molecule has 0 aromatic heterocycles. The molecule has 0 saturated heterocycles. The summed E-state index contributed by atoms with van der Waals surface area (Å²) in [4.78, 5) is 0. The number of hydrogen-bond donors (Lipinski definition) is 1. The van der Waals surface area contributed by atoms with Crippen molar-refractivity contribution in [3.63, 3.8) is 0 Å². The topological polar surface area (TPSA) is 21.3 Å². The highest BCUT2D eigenvalue weighted by Crippen LogP contribution is 2.21. The summed E-state index contributed by atoms with van der Waals surface area (Å²) >= 11 is 0. The van der Waals surface area contributed by atoms with Crippen LogP contribution in [0.2, 0.25) is 0 Å². The lowest BCUT2D eigenvalue weighted by Crippen LogP contribution is -2.12. The molecule has 0 spiro atoms. The highest BCUT2D eigenvalue weighted by atomic mass is 16.5. The van der Waals surface area contributed by atoms with E-state index in [1.165, 1.54) is 24.1 Å². The fourth-order valence-electron chi connectivity index (χ4n) is 1.83. The van der Waals surface area contributed by atoms with Gasteiger partial charge in [-0.15, -0.1) is 0 Å². The maximum absolute atomic E-state index is 5.24. The van der Waals surface area contributed by atoms with Crippen LogP contribution in [0.4, 0.5) is 5.69 Å². The van der Waals surface area contributed by atoms with Gasteiger partial charge in [0.1, 0.15) is 5.75 Å². The Bertz CT molecular complexity index is 319. The number of rotatable bonds is 6. The van der Waals surface area contributed by atoms with Gasteiger partial charge in [-0.3, -0.25) is 0 Å². The van der Waals surface area contributed by atoms with Crippen molar-refractivity contribution in [3.05, 3.63) is 23.8 Å². The molecule has 1 aromatic rings. The van der Waals surface area contributed by atoms with E-state index >= 15 is 0 Å². The molecular weight excluding hydrogens is 198 g/mol.